The van der Waals surface area contributed by atoms with E-state index < -0.39 is 17.0 Å². The number of nitro benzene ring substituents is 1. The minimum Gasteiger partial charge on any atom is -0.454 e. The zero-order valence-electron chi connectivity index (χ0n) is 16.1. The molecule has 0 unspecified atom stereocenters. The summed E-state index contributed by atoms with van der Waals surface area (Å²) in [5, 5.41) is 13.7. The van der Waals surface area contributed by atoms with Crippen LogP contribution >= 0.6 is 0 Å². The Morgan fingerprint density at radius 3 is 2.57 bits per heavy atom. The van der Waals surface area contributed by atoms with Crippen molar-refractivity contribution in [3.05, 3.63) is 105 Å². The van der Waals surface area contributed by atoms with E-state index in [9.17, 15) is 19.7 Å². The number of anilines is 1. The van der Waals surface area contributed by atoms with Crippen molar-refractivity contribution in [3.8, 4) is 0 Å². The third kappa shape index (κ3) is 3.77. The first-order valence-electron chi connectivity index (χ1n) is 9.37. The molecule has 1 heterocycles. The summed E-state index contributed by atoms with van der Waals surface area (Å²) in [4.78, 5) is 35.5. The molecule has 0 radical (unpaired) electrons. The maximum absolute atomic E-state index is 12.7. The second-order valence-electron chi connectivity index (χ2n) is 7.09. The van der Waals surface area contributed by atoms with Gasteiger partial charge in [0.25, 0.3) is 11.6 Å². The van der Waals surface area contributed by atoms with Gasteiger partial charge in [0.15, 0.2) is 0 Å². The molecule has 150 valence electrons. The highest BCUT2D eigenvalue weighted by molar-refractivity contribution is 6.05. The maximum Gasteiger partial charge on any atom is 0.339 e. The molecule has 4 rings (SSSR count). The number of non-ortho nitro benzene ring substituents is 1. The molecule has 30 heavy (non-hydrogen) atoms. The van der Waals surface area contributed by atoms with Crippen LogP contribution in [0, 0.1) is 17.0 Å². The van der Waals surface area contributed by atoms with Crippen molar-refractivity contribution in [2.45, 2.75) is 19.4 Å². The summed E-state index contributed by atoms with van der Waals surface area (Å²) in [6.45, 7) is 1.69. The molecule has 0 bridgehead atoms. The van der Waals surface area contributed by atoms with E-state index in [4.69, 9.17) is 4.74 Å². The highest BCUT2D eigenvalue weighted by atomic mass is 16.6. The molecule has 3 aromatic carbocycles. The van der Waals surface area contributed by atoms with Gasteiger partial charge in [0.05, 0.1) is 10.5 Å². The summed E-state index contributed by atoms with van der Waals surface area (Å²) >= 11 is 0. The Morgan fingerprint density at radius 1 is 1.10 bits per heavy atom. The van der Waals surface area contributed by atoms with Gasteiger partial charge < -0.3 is 10.1 Å². The third-order valence-corrected chi connectivity index (χ3v) is 5.08. The molecule has 0 saturated carbocycles. The zero-order chi connectivity index (χ0) is 21.3. The molecule has 1 amide bonds. The van der Waals surface area contributed by atoms with Crippen LogP contribution in [0.4, 0.5) is 11.4 Å². The Morgan fingerprint density at radius 2 is 1.87 bits per heavy atom. The number of carbonyl (C=O) groups is 2. The molecule has 0 fully saturated rings. The number of nitrogens with zero attached hydrogens (tertiary/aromatic N) is 1. The Labute approximate surface area is 172 Å². The van der Waals surface area contributed by atoms with E-state index in [0.29, 0.717) is 28.8 Å². The fourth-order valence-electron chi connectivity index (χ4n) is 3.49. The van der Waals surface area contributed by atoms with Crippen molar-refractivity contribution in [3.63, 3.8) is 0 Å². The molecular formula is C23H18N2O5. The van der Waals surface area contributed by atoms with Gasteiger partial charge in [-0.3, -0.25) is 14.9 Å². The summed E-state index contributed by atoms with van der Waals surface area (Å²) < 4.78 is 5.55. The minimum absolute atomic E-state index is 0.0373. The van der Waals surface area contributed by atoms with E-state index in [1.807, 2.05) is 30.3 Å². The quantitative estimate of drug-likeness (QED) is 0.390. The summed E-state index contributed by atoms with van der Waals surface area (Å²) in [5.74, 6) is -0.770. The standard InChI is InChI=1S/C23H18N2O5/c1-14-11-18(25(28)29)8-10-20(14)24-22(26)16-7-9-19-17(12-16)13-21(30-23(19)27)15-5-3-2-4-6-15/h2-12,21H,13H2,1H3,(H,24,26)/t21-/m0/s1. The summed E-state index contributed by atoms with van der Waals surface area (Å²) in [6.07, 6.45) is 0.0735. The van der Waals surface area contributed by atoms with Crippen LogP contribution < -0.4 is 5.32 Å². The Bertz CT molecular complexity index is 1160. The van der Waals surface area contributed by atoms with Crippen molar-refractivity contribution in [2.24, 2.45) is 0 Å². The van der Waals surface area contributed by atoms with Gasteiger partial charge in [0, 0.05) is 29.8 Å². The molecule has 0 aromatic heterocycles. The van der Waals surface area contributed by atoms with Gasteiger partial charge >= 0.3 is 5.97 Å². The highest BCUT2D eigenvalue weighted by Crippen LogP contribution is 2.31. The van der Waals surface area contributed by atoms with Gasteiger partial charge in [0.2, 0.25) is 0 Å². The van der Waals surface area contributed by atoms with Crippen molar-refractivity contribution < 1.29 is 19.2 Å². The molecule has 0 spiro atoms. The molecular weight excluding hydrogens is 384 g/mol. The monoisotopic (exact) mass is 402 g/mol. The Balaban J connectivity index is 1.57. The molecule has 1 N–H and O–H groups in total. The first kappa shape index (κ1) is 19.3. The SMILES string of the molecule is Cc1cc([N+](=O)[O-])ccc1NC(=O)c1ccc2c(c1)C[C@@H](c1ccccc1)OC2=O. The average molecular weight is 402 g/mol. The van der Waals surface area contributed by atoms with Crippen LogP contribution in [-0.4, -0.2) is 16.8 Å². The highest BCUT2D eigenvalue weighted by Gasteiger charge is 2.28. The summed E-state index contributed by atoms with van der Waals surface area (Å²) in [6, 6.07) is 18.6. The van der Waals surface area contributed by atoms with Gasteiger partial charge in [-0.2, -0.15) is 0 Å². The number of carbonyl (C=O) groups excluding carboxylic acids is 2. The number of benzene rings is 3. The van der Waals surface area contributed by atoms with Crippen LogP contribution in [0.2, 0.25) is 0 Å². The third-order valence-electron chi connectivity index (χ3n) is 5.08. The molecule has 0 aliphatic carbocycles. The van der Waals surface area contributed by atoms with Crippen molar-refractivity contribution in [1.29, 1.82) is 0 Å². The van der Waals surface area contributed by atoms with Crippen molar-refractivity contribution >= 4 is 23.3 Å². The zero-order valence-corrected chi connectivity index (χ0v) is 16.1. The number of hydrogen-bond donors (Lipinski definition) is 1. The number of nitro groups is 1. The number of ether oxygens (including phenoxy) is 1. The van der Waals surface area contributed by atoms with Crippen LogP contribution in [0.15, 0.2) is 66.7 Å². The smallest absolute Gasteiger partial charge is 0.339 e. The van der Waals surface area contributed by atoms with E-state index in [1.54, 1.807) is 25.1 Å². The van der Waals surface area contributed by atoms with Gasteiger partial charge in [0.1, 0.15) is 6.10 Å². The molecule has 7 nitrogen and oxygen atoms in total. The van der Waals surface area contributed by atoms with E-state index >= 15 is 0 Å². The first-order chi connectivity index (χ1) is 14.4. The second-order valence-corrected chi connectivity index (χ2v) is 7.09. The number of rotatable bonds is 4. The van der Waals surface area contributed by atoms with Crippen LogP contribution in [0.5, 0.6) is 0 Å². The number of aryl methyl sites for hydroxylation is 1. The number of esters is 1. The lowest BCUT2D eigenvalue weighted by atomic mass is 9.93. The predicted octanol–water partition coefficient (Wildman–Crippen LogP) is 4.61. The van der Waals surface area contributed by atoms with Gasteiger partial charge in [-0.25, -0.2) is 4.79 Å². The van der Waals surface area contributed by atoms with Gasteiger partial charge in [-0.1, -0.05) is 30.3 Å². The molecule has 1 atom stereocenters. The number of nitrogens with one attached hydrogen (secondary N) is 1. The number of amides is 1. The number of cyclic esters (lactones) is 1. The largest absolute Gasteiger partial charge is 0.454 e. The van der Waals surface area contributed by atoms with Gasteiger partial charge in [-0.05, 0) is 47.9 Å². The van der Waals surface area contributed by atoms with E-state index in [0.717, 1.165) is 11.1 Å². The number of hydrogen-bond acceptors (Lipinski definition) is 5. The van der Waals surface area contributed by atoms with E-state index in [-0.39, 0.29) is 11.6 Å². The fourth-order valence-corrected chi connectivity index (χ4v) is 3.49. The summed E-state index contributed by atoms with van der Waals surface area (Å²) in [7, 11) is 0. The lowest BCUT2D eigenvalue weighted by Crippen LogP contribution is -2.23. The fraction of sp³-hybridized carbons (Fsp3) is 0.130. The van der Waals surface area contributed by atoms with Crippen LogP contribution in [-0.2, 0) is 11.2 Å². The number of fused-ring (bicyclic) bond motifs is 1. The molecule has 3 aromatic rings. The Kier molecular flexibility index (Phi) is 5.02. The van der Waals surface area contributed by atoms with Crippen LogP contribution in [0.25, 0.3) is 0 Å². The maximum atomic E-state index is 12.7. The van der Waals surface area contributed by atoms with Gasteiger partial charge in [-0.15, -0.1) is 0 Å². The topological polar surface area (TPSA) is 98.5 Å². The lowest BCUT2D eigenvalue weighted by molar-refractivity contribution is -0.384. The molecule has 1 aliphatic heterocycles. The second kappa shape index (κ2) is 7.79. The minimum atomic E-state index is -0.482. The predicted molar refractivity (Wildman–Crippen MR) is 111 cm³/mol. The molecule has 7 heteroatoms. The van der Waals surface area contributed by atoms with Crippen molar-refractivity contribution in [2.75, 3.05) is 5.32 Å². The summed E-state index contributed by atoms with van der Waals surface area (Å²) in [5.41, 5.74) is 3.53. The molecule has 1 aliphatic rings. The lowest BCUT2D eigenvalue weighted by Gasteiger charge is -2.25. The van der Waals surface area contributed by atoms with E-state index in [1.165, 1.54) is 18.2 Å². The van der Waals surface area contributed by atoms with E-state index in [2.05, 4.69) is 5.32 Å². The van der Waals surface area contributed by atoms with Crippen LogP contribution in [0.3, 0.4) is 0 Å². The first-order valence-corrected chi connectivity index (χ1v) is 9.37. The normalized spacial score (nSPS) is 15.1. The average Bonchev–Trinajstić information content (AvgIpc) is 2.75. The molecule has 0 saturated heterocycles. The Hall–Kier alpha value is -4.00. The van der Waals surface area contributed by atoms with Crippen molar-refractivity contribution in [1.82, 2.24) is 0 Å². The van der Waals surface area contributed by atoms with Crippen LogP contribution in [0.1, 0.15) is 43.5 Å².